The lowest BCUT2D eigenvalue weighted by Crippen LogP contribution is -2.40. The summed E-state index contributed by atoms with van der Waals surface area (Å²) in [6, 6.07) is 4.66. The van der Waals surface area contributed by atoms with Gasteiger partial charge in [0.1, 0.15) is 5.82 Å². The maximum atomic E-state index is 13.2. The molecule has 0 unspecified atom stereocenters. The molecule has 4 nitrogen and oxygen atoms in total. The Morgan fingerprint density at radius 2 is 2.38 bits per heavy atom. The molecule has 6 heteroatoms. The van der Waals surface area contributed by atoms with Crippen molar-refractivity contribution in [2.75, 3.05) is 32.8 Å². The highest BCUT2D eigenvalue weighted by Crippen LogP contribution is 2.26. The van der Waals surface area contributed by atoms with E-state index in [1.807, 2.05) is 6.92 Å². The van der Waals surface area contributed by atoms with E-state index in [-0.39, 0.29) is 17.0 Å². The first-order chi connectivity index (χ1) is 10.1. The average molecular weight is 315 g/mol. The first-order valence-corrected chi connectivity index (χ1v) is 7.53. The normalized spacial score (nSPS) is 19.5. The summed E-state index contributed by atoms with van der Waals surface area (Å²) in [6.07, 6.45) is 0.344. The highest BCUT2D eigenvalue weighted by atomic mass is 35.5. The van der Waals surface area contributed by atoms with Gasteiger partial charge in [0.15, 0.2) is 0 Å². The highest BCUT2D eigenvalue weighted by molar-refractivity contribution is 6.30. The predicted octanol–water partition coefficient (Wildman–Crippen LogP) is 2.38. The Labute approximate surface area is 129 Å². The predicted molar refractivity (Wildman–Crippen MR) is 79.8 cm³/mol. The Hall–Kier alpha value is -1.17. The minimum Gasteiger partial charge on any atom is -0.371 e. The number of morpholine rings is 1. The maximum Gasteiger partial charge on any atom is 0.221 e. The molecule has 1 aliphatic rings. The van der Waals surface area contributed by atoms with Crippen molar-refractivity contribution in [2.24, 2.45) is 0 Å². The van der Waals surface area contributed by atoms with E-state index in [9.17, 15) is 9.18 Å². The molecule has 1 aromatic rings. The van der Waals surface area contributed by atoms with Crippen LogP contribution in [0.3, 0.4) is 0 Å². The Bertz CT molecular complexity index is 499. The molecule has 2 rings (SSSR count). The van der Waals surface area contributed by atoms with E-state index in [2.05, 4.69) is 10.2 Å². The van der Waals surface area contributed by atoms with Crippen molar-refractivity contribution >= 4 is 17.5 Å². The van der Waals surface area contributed by atoms with Crippen LogP contribution in [0, 0.1) is 5.82 Å². The third kappa shape index (κ3) is 4.66. The number of hydrogen-bond donors (Lipinski definition) is 1. The van der Waals surface area contributed by atoms with Crippen LogP contribution in [0.2, 0.25) is 5.02 Å². The van der Waals surface area contributed by atoms with Gasteiger partial charge in [-0.3, -0.25) is 9.69 Å². The van der Waals surface area contributed by atoms with Crippen LogP contribution in [0.5, 0.6) is 0 Å². The van der Waals surface area contributed by atoms with Crippen LogP contribution in [-0.2, 0) is 9.53 Å². The van der Waals surface area contributed by atoms with Gasteiger partial charge >= 0.3 is 0 Å². The summed E-state index contributed by atoms with van der Waals surface area (Å²) in [5, 5.41) is 2.89. The SMILES string of the molecule is CCNC(=O)CCN1CCO[C@H](c2ccc(F)c(Cl)c2)C1. The van der Waals surface area contributed by atoms with Gasteiger partial charge in [0, 0.05) is 32.6 Å². The third-order valence-electron chi connectivity index (χ3n) is 3.50. The Kier molecular flexibility index (Phi) is 5.96. The molecule has 1 aromatic carbocycles. The van der Waals surface area contributed by atoms with Crippen molar-refractivity contribution in [3.8, 4) is 0 Å². The topological polar surface area (TPSA) is 41.6 Å². The summed E-state index contributed by atoms with van der Waals surface area (Å²) >= 11 is 5.81. The number of ether oxygens (including phenoxy) is 1. The zero-order valence-corrected chi connectivity index (χ0v) is 12.8. The molecule has 21 heavy (non-hydrogen) atoms. The third-order valence-corrected chi connectivity index (χ3v) is 3.78. The summed E-state index contributed by atoms with van der Waals surface area (Å²) in [5.41, 5.74) is 0.865. The van der Waals surface area contributed by atoms with Crippen LogP contribution >= 0.6 is 11.6 Å². The van der Waals surface area contributed by atoms with Crippen LogP contribution < -0.4 is 5.32 Å². The van der Waals surface area contributed by atoms with E-state index in [0.717, 1.165) is 12.1 Å². The van der Waals surface area contributed by atoms with E-state index in [1.54, 1.807) is 12.1 Å². The number of carbonyl (C=O) groups excluding carboxylic acids is 1. The zero-order valence-electron chi connectivity index (χ0n) is 12.1. The second kappa shape index (κ2) is 7.73. The van der Waals surface area contributed by atoms with Gasteiger partial charge < -0.3 is 10.1 Å². The first kappa shape index (κ1) is 16.2. The number of nitrogens with one attached hydrogen (secondary N) is 1. The molecule has 1 amide bonds. The Morgan fingerprint density at radius 1 is 1.57 bits per heavy atom. The van der Waals surface area contributed by atoms with Gasteiger partial charge in [-0.2, -0.15) is 0 Å². The quantitative estimate of drug-likeness (QED) is 0.907. The molecule has 116 valence electrons. The van der Waals surface area contributed by atoms with Crippen LogP contribution in [0.15, 0.2) is 18.2 Å². The molecule has 0 bridgehead atoms. The fourth-order valence-corrected chi connectivity index (χ4v) is 2.55. The monoisotopic (exact) mass is 314 g/mol. The fraction of sp³-hybridized carbons (Fsp3) is 0.533. The molecule has 0 radical (unpaired) electrons. The van der Waals surface area contributed by atoms with Crippen LogP contribution in [0.4, 0.5) is 4.39 Å². The number of nitrogens with zero attached hydrogens (tertiary/aromatic N) is 1. The van der Waals surface area contributed by atoms with Gasteiger partial charge in [0.2, 0.25) is 5.91 Å². The van der Waals surface area contributed by atoms with Crippen molar-refractivity contribution in [3.05, 3.63) is 34.6 Å². The van der Waals surface area contributed by atoms with Gasteiger partial charge in [-0.05, 0) is 24.6 Å². The van der Waals surface area contributed by atoms with Crippen LogP contribution in [0.1, 0.15) is 25.0 Å². The van der Waals surface area contributed by atoms with Gasteiger partial charge in [-0.15, -0.1) is 0 Å². The summed E-state index contributed by atoms with van der Waals surface area (Å²) < 4.78 is 18.9. The molecule has 1 fully saturated rings. The lowest BCUT2D eigenvalue weighted by Gasteiger charge is -2.33. The molecular formula is C15H20ClFN2O2. The second-order valence-electron chi connectivity index (χ2n) is 5.04. The number of halogens is 2. The molecule has 1 N–H and O–H groups in total. The minimum atomic E-state index is -0.427. The number of carbonyl (C=O) groups is 1. The largest absolute Gasteiger partial charge is 0.371 e. The van der Waals surface area contributed by atoms with Crippen molar-refractivity contribution in [3.63, 3.8) is 0 Å². The molecule has 0 saturated carbocycles. The lowest BCUT2D eigenvalue weighted by atomic mass is 10.1. The second-order valence-corrected chi connectivity index (χ2v) is 5.44. The fourth-order valence-electron chi connectivity index (χ4n) is 2.37. The van der Waals surface area contributed by atoms with Crippen molar-refractivity contribution in [2.45, 2.75) is 19.4 Å². The standard InChI is InChI=1S/C15H20ClFN2O2/c1-2-18-15(20)5-6-19-7-8-21-14(10-19)11-3-4-13(17)12(16)9-11/h3-4,9,14H,2,5-8,10H2,1H3,(H,18,20)/t14-/m0/s1. The summed E-state index contributed by atoms with van der Waals surface area (Å²) in [4.78, 5) is 13.7. The number of hydrogen-bond acceptors (Lipinski definition) is 3. The molecule has 1 atom stereocenters. The molecule has 0 aromatic heterocycles. The van der Waals surface area contributed by atoms with Gasteiger partial charge in [-0.1, -0.05) is 17.7 Å². The average Bonchev–Trinajstić information content (AvgIpc) is 2.49. The zero-order chi connectivity index (χ0) is 15.2. The molecule has 0 spiro atoms. The summed E-state index contributed by atoms with van der Waals surface area (Å²) in [5.74, 6) is -0.366. The number of benzene rings is 1. The van der Waals surface area contributed by atoms with E-state index in [1.165, 1.54) is 6.07 Å². The van der Waals surface area contributed by atoms with Crippen molar-refractivity contribution in [1.82, 2.24) is 10.2 Å². The van der Waals surface area contributed by atoms with Gasteiger partial charge in [0.25, 0.3) is 0 Å². The van der Waals surface area contributed by atoms with Crippen LogP contribution in [0.25, 0.3) is 0 Å². The number of amides is 1. The van der Waals surface area contributed by atoms with Crippen molar-refractivity contribution in [1.29, 1.82) is 0 Å². The highest BCUT2D eigenvalue weighted by Gasteiger charge is 2.22. The summed E-state index contributed by atoms with van der Waals surface area (Å²) in [7, 11) is 0. The van der Waals surface area contributed by atoms with Gasteiger partial charge in [0.05, 0.1) is 17.7 Å². The Balaban J connectivity index is 1.91. The van der Waals surface area contributed by atoms with E-state index < -0.39 is 5.82 Å². The Morgan fingerprint density at radius 3 is 3.10 bits per heavy atom. The van der Waals surface area contributed by atoms with E-state index in [4.69, 9.17) is 16.3 Å². The van der Waals surface area contributed by atoms with E-state index in [0.29, 0.717) is 32.7 Å². The molecule has 0 aliphatic carbocycles. The maximum absolute atomic E-state index is 13.2. The smallest absolute Gasteiger partial charge is 0.221 e. The van der Waals surface area contributed by atoms with Gasteiger partial charge in [-0.25, -0.2) is 4.39 Å². The van der Waals surface area contributed by atoms with Crippen molar-refractivity contribution < 1.29 is 13.9 Å². The first-order valence-electron chi connectivity index (χ1n) is 7.15. The molecule has 1 aliphatic heterocycles. The minimum absolute atomic E-state index is 0.0605. The van der Waals surface area contributed by atoms with E-state index >= 15 is 0 Å². The summed E-state index contributed by atoms with van der Waals surface area (Å²) in [6.45, 7) is 5.32. The number of rotatable bonds is 5. The van der Waals surface area contributed by atoms with Crippen LogP contribution in [-0.4, -0.2) is 43.6 Å². The molecular weight excluding hydrogens is 295 g/mol. The lowest BCUT2D eigenvalue weighted by molar-refractivity contribution is -0.121. The molecule has 1 heterocycles. The molecule has 1 saturated heterocycles.